The molecule has 0 aliphatic rings. The van der Waals surface area contributed by atoms with Gasteiger partial charge in [0.1, 0.15) is 18.2 Å². The monoisotopic (exact) mass is 325 g/mol. The Hall–Kier alpha value is -3.04. The first-order valence-corrected chi connectivity index (χ1v) is 6.44. The van der Waals surface area contributed by atoms with Gasteiger partial charge in [0.25, 0.3) is 0 Å². The number of hydrogen-bond acceptors (Lipinski definition) is 5. The molecule has 0 atom stereocenters. The van der Waals surface area contributed by atoms with Crippen LogP contribution >= 0.6 is 0 Å². The lowest BCUT2D eigenvalue weighted by Crippen LogP contribution is -2.28. The van der Waals surface area contributed by atoms with Gasteiger partial charge in [-0.1, -0.05) is 11.3 Å². The number of ether oxygens (including phenoxy) is 1. The van der Waals surface area contributed by atoms with Gasteiger partial charge < -0.3 is 10.1 Å². The van der Waals surface area contributed by atoms with E-state index in [1.54, 1.807) is 0 Å². The van der Waals surface area contributed by atoms with Crippen LogP contribution in [0.15, 0.2) is 24.4 Å². The molecule has 2 aromatic rings. The van der Waals surface area contributed by atoms with Gasteiger partial charge in [0.2, 0.25) is 5.91 Å². The summed E-state index contributed by atoms with van der Waals surface area (Å²) < 4.78 is 32.4. The summed E-state index contributed by atoms with van der Waals surface area (Å²) in [6.45, 7) is -0.523. The molecule has 0 saturated heterocycles. The molecule has 0 unspecified atom stereocenters. The van der Waals surface area contributed by atoms with E-state index in [-0.39, 0.29) is 24.5 Å². The lowest BCUT2D eigenvalue weighted by atomic mass is 10.2. The summed E-state index contributed by atoms with van der Waals surface area (Å²) in [6.07, 6.45) is 0.580. The van der Waals surface area contributed by atoms with Crippen molar-refractivity contribution < 1.29 is 23.1 Å². The first-order chi connectivity index (χ1) is 11.0. The molecule has 23 heavy (non-hydrogen) atoms. The Labute approximate surface area is 129 Å². The second-order valence-corrected chi connectivity index (χ2v) is 4.39. The number of aromatic nitrogens is 3. The van der Waals surface area contributed by atoms with Crippen LogP contribution in [0.5, 0.6) is 0 Å². The van der Waals surface area contributed by atoms with Crippen LogP contribution in [0.1, 0.15) is 5.56 Å². The Bertz CT molecular complexity index is 699. The fourth-order valence-corrected chi connectivity index (χ4v) is 1.68. The van der Waals surface area contributed by atoms with Gasteiger partial charge in [0.05, 0.1) is 13.3 Å². The molecule has 8 nitrogen and oxygen atoms in total. The van der Waals surface area contributed by atoms with Crippen molar-refractivity contribution in [1.82, 2.24) is 20.3 Å². The Morgan fingerprint density at radius 2 is 2.00 bits per heavy atom. The molecule has 0 bridgehead atoms. The molecule has 1 heterocycles. The predicted octanol–water partition coefficient (Wildman–Crippen LogP) is 1.05. The number of nitrogens with one attached hydrogen (secondary N) is 2. The summed E-state index contributed by atoms with van der Waals surface area (Å²) in [7, 11) is 1.19. The number of rotatable bonds is 5. The molecule has 0 fully saturated rings. The summed E-state index contributed by atoms with van der Waals surface area (Å²) in [6, 6.07) is 3.45. The zero-order valence-electron chi connectivity index (χ0n) is 12.0. The van der Waals surface area contributed by atoms with Gasteiger partial charge in [-0.2, -0.15) is 0 Å². The van der Waals surface area contributed by atoms with Crippen LogP contribution in [0.4, 0.5) is 19.4 Å². The maximum Gasteiger partial charge on any atom is 0.412 e. The van der Waals surface area contributed by atoms with Crippen LogP contribution in [0, 0.1) is 11.6 Å². The third-order valence-electron chi connectivity index (χ3n) is 2.78. The minimum Gasteiger partial charge on any atom is -0.453 e. The summed E-state index contributed by atoms with van der Waals surface area (Å²) in [5.74, 6) is -1.90. The topological polar surface area (TPSA) is 98.1 Å². The van der Waals surface area contributed by atoms with Gasteiger partial charge >= 0.3 is 6.09 Å². The number of carbonyl (C=O) groups is 2. The summed E-state index contributed by atoms with van der Waals surface area (Å²) in [5, 5.41) is 11.9. The fraction of sp³-hybridized carbons (Fsp3) is 0.231. The highest BCUT2D eigenvalue weighted by Gasteiger charge is 2.11. The first-order valence-electron chi connectivity index (χ1n) is 6.44. The van der Waals surface area contributed by atoms with Gasteiger partial charge in [-0.25, -0.2) is 18.3 Å². The van der Waals surface area contributed by atoms with Crippen LogP contribution in [0.2, 0.25) is 0 Å². The molecular formula is C13H13F2N5O3. The normalized spacial score (nSPS) is 10.2. The first kappa shape index (κ1) is 16.3. The van der Waals surface area contributed by atoms with E-state index in [9.17, 15) is 18.4 Å². The van der Waals surface area contributed by atoms with Crippen molar-refractivity contribution in [3.63, 3.8) is 0 Å². The van der Waals surface area contributed by atoms with Crippen molar-refractivity contribution >= 4 is 17.8 Å². The number of benzene rings is 1. The molecule has 1 aromatic carbocycles. The summed E-state index contributed by atoms with van der Waals surface area (Å²) in [4.78, 5) is 22.7. The third kappa shape index (κ3) is 4.46. The lowest BCUT2D eigenvalue weighted by Gasteiger charge is -2.07. The van der Waals surface area contributed by atoms with Crippen LogP contribution in [0.3, 0.4) is 0 Å². The van der Waals surface area contributed by atoms with Crippen molar-refractivity contribution in [2.75, 3.05) is 12.4 Å². The zero-order chi connectivity index (χ0) is 16.8. The highest BCUT2D eigenvalue weighted by molar-refractivity contribution is 5.82. The van der Waals surface area contributed by atoms with Gasteiger partial charge in [-0.3, -0.25) is 10.1 Å². The third-order valence-corrected chi connectivity index (χ3v) is 2.78. The van der Waals surface area contributed by atoms with Crippen molar-refractivity contribution in [1.29, 1.82) is 0 Å². The van der Waals surface area contributed by atoms with Crippen molar-refractivity contribution in [3.8, 4) is 0 Å². The standard InChI is InChI=1S/C13H13F2N5O3/c1-23-13(22)17-11-6-20(19-18-11)7-12(21)16-5-8-9(14)3-2-4-10(8)15/h2-4,6H,5,7H2,1H3,(H,16,21)(H,17,22). The minimum absolute atomic E-state index is 0.102. The molecule has 0 aliphatic carbocycles. The number of anilines is 1. The van der Waals surface area contributed by atoms with E-state index in [1.807, 2.05) is 0 Å². The van der Waals surface area contributed by atoms with Crippen molar-refractivity contribution in [2.24, 2.45) is 0 Å². The fourth-order valence-electron chi connectivity index (χ4n) is 1.68. The molecule has 0 radical (unpaired) electrons. The van der Waals surface area contributed by atoms with Crippen LogP contribution < -0.4 is 10.6 Å². The number of nitrogens with zero attached hydrogens (tertiary/aromatic N) is 3. The Kier molecular flexibility index (Phi) is 5.18. The largest absolute Gasteiger partial charge is 0.453 e. The number of hydrogen-bond donors (Lipinski definition) is 2. The maximum atomic E-state index is 13.4. The number of carbonyl (C=O) groups excluding carboxylic acids is 2. The second-order valence-electron chi connectivity index (χ2n) is 4.39. The van der Waals surface area contributed by atoms with E-state index in [2.05, 4.69) is 25.7 Å². The average Bonchev–Trinajstić information content (AvgIpc) is 2.93. The van der Waals surface area contributed by atoms with E-state index in [4.69, 9.17) is 0 Å². The molecule has 0 aliphatic heterocycles. The predicted molar refractivity (Wildman–Crippen MR) is 74.3 cm³/mol. The molecule has 2 amide bonds. The smallest absolute Gasteiger partial charge is 0.412 e. The quantitative estimate of drug-likeness (QED) is 0.856. The Morgan fingerprint density at radius 3 is 2.65 bits per heavy atom. The molecule has 1 aromatic heterocycles. The Morgan fingerprint density at radius 1 is 1.30 bits per heavy atom. The average molecular weight is 325 g/mol. The van der Waals surface area contributed by atoms with Gasteiger partial charge in [-0.05, 0) is 12.1 Å². The Balaban J connectivity index is 1.89. The van der Waals surface area contributed by atoms with E-state index in [1.165, 1.54) is 19.4 Å². The molecule has 0 saturated carbocycles. The highest BCUT2D eigenvalue weighted by Crippen LogP contribution is 2.11. The number of methoxy groups -OCH3 is 1. The molecule has 0 spiro atoms. The van der Waals surface area contributed by atoms with E-state index in [0.717, 1.165) is 16.8 Å². The van der Waals surface area contributed by atoms with E-state index >= 15 is 0 Å². The van der Waals surface area contributed by atoms with Gasteiger partial charge in [0, 0.05) is 12.1 Å². The van der Waals surface area contributed by atoms with Crippen molar-refractivity contribution in [3.05, 3.63) is 41.6 Å². The van der Waals surface area contributed by atoms with Gasteiger partial charge in [0.15, 0.2) is 5.82 Å². The van der Waals surface area contributed by atoms with Gasteiger partial charge in [-0.15, -0.1) is 5.10 Å². The minimum atomic E-state index is -0.740. The molecule has 2 rings (SSSR count). The maximum absolute atomic E-state index is 13.4. The molecule has 2 N–H and O–H groups in total. The van der Waals surface area contributed by atoms with E-state index in [0.29, 0.717) is 0 Å². The lowest BCUT2D eigenvalue weighted by molar-refractivity contribution is -0.122. The molecule has 122 valence electrons. The summed E-state index contributed by atoms with van der Waals surface area (Å²) in [5.41, 5.74) is -0.229. The highest BCUT2D eigenvalue weighted by atomic mass is 19.1. The van der Waals surface area contributed by atoms with E-state index < -0.39 is 23.6 Å². The van der Waals surface area contributed by atoms with Crippen LogP contribution in [0.25, 0.3) is 0 Å². The second kappa shape index (κ2) is 7.29. The molecular weight excluding hydrogens is 312 g/mol. The van der Waals surface area contributed by atoms with Crippen LogP contribution in [-0.2, 0) is 22.6 Å². The zero-order valence-corrected chi connectivity index (χ0v) is 12.0. The van der Waals surface area contributed by atoms with Crippen molar-refractivity contribution in [2.45, 2.75) is 13.1 Å². The SMILES string of the molecule is COC(=O)Nc1cn(CC(=O)NCc2c(F)cccc2F)nn1. The summed E-state index contributed by atoms with van der Waals surface area (Å²) >= 11 is 0. The number of amides is 2. The van der Waals surface area contributed by atoms with Crippen LogP contribution in [-0.4, -0.2) is 34.1 Å². The molecule has 10 heteroatoms. The number of halogens is 2.